The van der Waals surface area contributed by atoms with E-state index >= 15 is 0 Å². The van der Waals surface area contributed by atoms with Gasteiger partial charge in [0.15, 0.2) is 0 Å². The van der Waals surface area contributed by atoms with E-state index in [9.17, 15) is 23.1 Å². The maximum absolute atomic E-state index is 12.8. The molecule has 0 saturated heterocycles. The van der Waals surface area contributed by atoms with E-state index < -0.39 is 18.1 Å². The van der Waals surface area contributed by atoms with Gasteiger partial charge in [0, 0.05) is 40.4 Å². The molecule has 42 heavy (non-hydrogen) atoms. The topological polar surface area (TPSA) is 94.7 Å². The van der Waals surface area contributed by atoms with Crippen LogP contribution in [0.4, 0.5) is 13.2 Å². The second kappa shape index (κ2) is 10.8. The maximum atomic E-state index is 12.8. The number of carboxylic acids is 1. The van der Waals surface area contributed by atoms with Gasteiger partial charge in [0.25, 0.3) is 0 Å². The molecule has 0 atom stereocenters. The summed E-state index contributed by atoms with van der Waals surface area (Å²) in [6, 6.07) is 3.19. The van der Waals surface area contributed by atoms with E-state index in [-0.39, 0.29) is 22.1 Å². The lowest BCUT2D eigenvalue weighted by atomic mass is 9.59. The minimum atomic E-state index is -4.94. The molecule has 220 valence electrons. The first-order chi connectivity index (χ1) is 19.9. The third kappa shape index (κ3) is 5.96. The van der Waals surface area contributed by atoms with Gasteiger partial charge in [0.1, 0.15) is 17.2 Å². The number of carboxylic acid groups (broad SMARTS) is 1. The Bertz CT molecular complexity index is 1560. The van der Waals surface area contributed by atoms with Crippen molar-refractivity contribution in [3.05, 3.63) is 63.1 Å². The average Bonchev–Trinajstić information content (AvgIpc) is 3.71. The van der Waals surface area contributed by atoms with Gasteiger partial charge < -0.3 is 19.1 Å². The van der Waals surface area contributed by atoms with E-state index in [1.165, 1.54) is 18.5 Å². The first kappa shape index (κ1) is 28.8. The van der Waals surface area contributed by atoms with Crippen LogP contribution in [-0.2, 0) is 11.3 Å². The Labute approximate surface area is 249 Å². The van der Waals surface area contributed by atoms with Gasteiger partial charge in [-0.1, -0.05) is 40.2 Å². The third-order valence-corrected chi connectivity index (χ3v) is 8.99. The molecule has 4 fully saturated rings. The highest BCUT2D eigenvalue weighted by Gasteiger charge is 2.49. The second-order valence-electron chi connectivity index (χ2n) is 11.2. The van der Waals surface area contributed by atoms with E-state index in [1.807, 2.05) is 0 Å². The molecule has 2 bridgehead atoms. The number of halogens is 5. The number of aromatic nitrogens is 2. The number of rotatable bonds is 7. The van der Waals surface area contributed by atoms with Gasteiger partial charge in [-0.25, -0.2) is 4.79 Å². The Kier molecular flexibility index (Phi) is 7.40. The number of fused-ring (bicyclic) bond motifs is 3. The Hall–Kier alpha value is -3.26. The van der Waals surface area contributed by atoms with Gasteiger partial charge >= 0.3 is 12.3 Å². The number of hydrogen-bond acceptors (Lipinski definition) is 6. The van der Waals surface area contributed by atoms with Crippen molar-refractivity contribution in [2.24, 2.45) is 5.41 Å². The van der Waals surface area contributed by atoms with Crippen LogP contribution in [0.2, 0.25) is 10.0 Å². The van der Waals surface area contributed by atoms with E-state index in [2.05, 4.69) is 26.7 Å². The van der Waals surface area contributed by atoms with Gasteiger partial charge in [0.05, 0.1) is 27.8 Å². The Morgan fingerprint density at radius 1 is 1.07 bits per heavy atom. The molecule has 3 aromatic rings. The van der Waals surface area contributed by atoms with Crippen molar-refractivity contribution in [3.8, 4) is 28.8 Å². The van der Waals surface area contributed by atoms with Crippen molar-refractivity contribution in [3.63, 3.8) is 0 Å². The van der Waals surface area contributed by atoms with E-state index in [0.29, 0.717) is 33.8 Å². The Morgan fingerprint density at radius 2 is 1.74 bits per heavy atom. The maximum Gasteiger partial charge on any atom is 0.573 e. The highest BCUT2D eigenvalue weighted by Crippen LogP contribution is 2.54. The van der Waals surface area contributed by atoms with Crippen molar-refractivity contribution in [2.45, 2.75) is 75.9 Å². The van der Waals surface area contributed by atoms with Gasteiger partial charge in [-0.15, -0.1) is 13.2 Å². The molecule has 2 heterocycles. The summed E-state index contributed by atoms with van der Waals surface area (Å²) in [6.45, 7) is 0.294. The molecule has 0 amide bonds. The number of benzene rings is 1. The largest absolute Gasteiger partial charge is 0.573 e. The summed E-state index contributed by atoms with van der Waals surface area (Å²) in [5, 5.41) is 14.4. The van der Waals surface area contributed by atoms with Crippen LogP contribution in [0.1, 0.15) is 84.5 Å². The fourth-order valence-corrected chi connectivity index (χ4v) is 6.48. The molecule has 2 aromatic heterocycles. The first-order valence-corrected chi connectivity index (χ1v) is 14.3. The molecular weight excluding hydrogens is 596 g/mol. The number of pyridine rings is 1. The van der Waals surface area contributed by atoms with E-state index in [4.69, 9.17) is 32.5 Å². The van der Waals surface area contributed by atoms with Crippen LogP contribution in [0.5, 0.6) is 5.75 Å². The predicted molar refractivity (Wildman–Crippen MR) is 146 cm³/mol. The molecular formula is C30H25Cl2F3N2O5. The van der Waals surface area contributed by atoms with Crippen LogP contribution in [0.3, 0.4) is 0 Å². The second-order valence-corrected chi connectivity index (χ2v) is 12.0. The Balaban J connectivity index is 1.18. The summed E-state index contributed by atoms with van der Waals surface area (Å²) in [4.78, 5) is 15.5. The zero-order chi connectivity index (χ0) is 29.7. The summed E-state index contributed by atoms with van der Waals surface area (Å²) in [5.41, 5.74) is 1.14. The molecule has 7 nitrogen and oxygen atoms in total. The number of carbonyl (C=O) groups is 1. The molecule has 4 aliphatic carbocycles. The molecule has 4 saturated carbocycles. The van der Waals surface area contributed by atoms with E-state index in [0.717, 1.165) is 74.8 Å². The number of ether oxygens (including phenoxy) is 2. The smallest absolute Gasteiger partial charge is 0.478 e. The van der Waals surface area contributed by atoms with Gasteiger partial charge in [-0.05, 0) is 69.6 Å². The normalized spacial score (nSPS) is 23.4. The van der Waals surface area contributed by atoms with Crippen LogP contribution in [0.25, 0.3) is 11.3 Å². The summed E-state index contributed by atoms with van der Waals surface area (Å²) < 4.78 is 54.6. The summed E-state index contributed by atoms with van der Waals surface area (Å²) in [7, 11) is 0. The monoisotopic (exact) mass is 620 g/mol. The lowest BCUT2D eigenvalue weighted by Crippen LogP contribution is -2.47. The van der Waals surface area contributed by atoms with Crippen molar-refractivity contribution in [1.82, 2.24) is 10.1 Å². The van der Waals surface area contributed by atoms with Crippen molar-refractivity contribution in [2.75, 3.05) is 0 Å². The molecule has 0 radical (unpaired) electrons. The number of aromatic carboxylic acids is 1. The minimum Gasteiger partial charge on any atom is -0.478 e. The minimum absolute atomic E-state index is 0.156. The Morgan fingerprint density at radius 3 is 2.33 bits per heavy atom. The highest BCUT2D eigenvalue weighted by atomic mass is 35.5. The number of hydrogen-bond donors (Lipinski definition) is 1. The van der Waals surface area contributed by atoms with Gasteiger partial charge in [0.2, 0.25) is 0 Å². The van der Waals surface area contributed by atoms with Crippen molar-refractivity contribution in [1.29, 1.82) is 0 Å². The molecule has 0 aliphatic heterocycles. The standard InChI is InChI=1S/C30H25Cl2F3N2O5/c31-22-14-36-15-23(32)24(22)25-21(26(42-37-25)18-1-2-18)16-40-29-8-5-28(6-9-29,7-10-29)4-3-17-11-19(27(38)39)13-20(12-17)41-30(33,34)35/h11-15,18H,1-2,5-10,16H2,(H,38,39). The fraction of sp³-hybridized carbons (Fsp3) is 0.433. The third-order valence-electron chi connectivity index (χ3n) is 8.42. The molecule has 7 rings (SSSR count). The number of alkyl halides is 3. The van der Waals surface area contributed by atoms with Crippen molar-refractivity contribution < 1.29 is 37.1 Å². The highest BCUT2D eigenvalue weighted by molar-refractivity contribution is 6.38. The van der Waals surface area contributed by atoms with Gasteiger partial charge in [-0.3, -0.25) is 4.98 Å². The van der Waals surface area contributed by atoms with Gasteiger partial charge in [-0.2, -0.15) is 0 Å². The zero-order valence-corrected chi connectivity index (χ0v) is 23.7. The summed E-state index contributed by atoms with van der Waals surface area (Å²) in [5.74, 6) is 5.31. The fourth-order valence-electron chi connectivity index (χ4n) is 5.93. The van der Waals surface area contributed by atoms with Crippen molar-refractivity contribution >= 4 is 29.2 Å². The zero-order valence-electron chi connectivity index (χ0n) is 22.2. The molecule has 12 heteroatoms. The lowest BCUT2D eigenvalue weighted by molar-refractivity contribution is -0.274. The quantitative estimate of drug-likeness (QED) is 0.266. The van der Waals surface area contributed by atoms with Crippen LogP contribution in [-0.4, -0.2) is 33.2 Å². The van der Waals surface area contributed by atoms with Crippen LogP contribution in [0.15, 0.2) is 35.1 Å². The molecule has 1 aromatic carbocycles. The first-order valence-electron chi connectivity index (χ1n) is 13.5. The average molecular weight is 621 g/mol. The molecule has 4 aliphatic rings. The van der Waals surface area contributed by atoms with Crippen LogP contribution < -0.4 is 4.74 Å². The van der Waals surface area contributed by atoms with E-state index in [1.54, 1.807) is 0 Å². The van der Waals surface area contributed by atoms with Crippen LogP contribution in [0, 0.1) is 17.3 Å². The molecule has 0 spiro atoms. The summed E-state index contributed by atoms with van der Waals surface area (Å²) in [6.07, 6.45) is 4.65. The predicted octanol–water partition coefficient (Wildman–Crippen LogP) is 8.18. The van der Waals surface area contributed by atoms with Crippen LogP contribution >= 0.6 is 23.2 Å². The lowest BCUT2D eigenvalue weighted by Gasteiger charge is -2.51. The summed E-state index contributed by atoms with van der Waals surface area (Å²) >= 11 is 12.9. The molecule has 1 N–H and O–H groups in total. The molecule has 0 unspecified atom stereocenters. The SMILES string of the molecule is O=C(O)c1cc(C#CC23CCC(OCc4c(-c5c(Cl)cncc5Cl)noc4C4CC4)(CC2)CC3)cc(OC(F)(F)F)c1. The number of nitrogens with zero attached hydrogens (tertiary/aromatic N) is 2.